The van der Waals surface area contributed by atoms with Crippen LogP contribution in [0, 0.1) is 14.3 Å². The van der Waals surface area contributed by atoms with Gasteiger partial charge < -0.3 is 10.4 Å². The minimum atomic E-state index is -0.992. The van der Waals surface area contributed by atoms with Crippen LogP contribution < -0.4 is 5.32 Å². The van der Waals surface area contributed by atoms with E-state index in [0.717, 1.165) is 14.3 Å². The fourth-order valence-corrected chi connectivity index (χ4v) is 5.95. The summed E-state index contributed by atoms with van der Waals surface area (Å²) in [6.45, 7) is 0. The van der Waals surface area contributed by atoms with E-state index in [1.165, 1.54) is 12.1 Å². The fraction of sp³-hybridized carbons (Fsp3) is 0. The lowest BCUT2D eigenvalue weighted by Crippen LogP contribution is -2.16. The standard InChI is InChI=1S/C14H7I4NO3/c15-8-5-9(16)11(17)12(18)10(8)13(20)19-7-3-1-6(2-4-7)14(21)22/h1-5H,(H,19,20)(H,21,22). The largest absolute Gasteiger partial charge is 0.478 e. The van der Waals surface area contributed by atoms with Gasteiger partial charge in [0.15, 0.2) is 0 Å². The van der Waals surface area contributed by atoms with E-state index in [0.29, 0.717) is 11.3 Å². The summed E-state index contributed by atoms with van der Waals surface area (Å²) in [6.07, 6.45) is 0. The van der Waals surface area contributed by atoms with Gasteiger partial charge in [0.1, 0.15) is 0 Å². The number of carboxylic acid groups (broad SMARTS) is 1. The Morgan fingerprint density at radius 3 is 2.05 bits per heavy atom. The van der Waals surface area contributed by atoms with Crippen molar-refractivity contribution >= 4 is 108 Å². The first-order valence-electron chi connectivity index (χ1n) is 5.79. The van der Waals surface area contributed by atoms with Crippen molar-refractivity contribution < 1.29 is 14.7 Å². The molecule has 1 amide bonds. The quantitative estimate of drug-likeness (QED) is 0.263. The summed E-state index contributed by atoms with van der Waals surface area (Å²) in [5.41, 5.74) is 1.38. The maximum atomic E-state index is 12.5. The highest BCUT2D eigenvalue weighted by Crippen LogP contribution is 2.29. The van der Waals surface area contributed by atoms with Crippen molar-refractivity contribution in [1.29, 1.82) is 0 Å². The molecule has 0 aliphatic heterocycles. The maximum absolute atomic E-state index is 12.5. The molecule has 0 bridgehead atoms. The zero-order valence-corrected chi connectivity index (χ0v) is 19.3. The van der Waals surface area contributed by atoms with Gasteiger partial charge >= 0.3 is 5.97 Å². The van der Waals surface area contributed by atoms with E-state index < -0.39 is 5.97 Å². The fourth-order valence-electron chi connectivity index (χ4n) is 1.66. The van der Waals surface area contributed by atoms with Crippen LogP contribution >= 0.6 is 90.4 Å². The first kappa shape index (κ1) is 18.6. The molecule has 0 unspecified atom stereocenters. The zero-order valence-electron chi connectivity index (χ0n) is 10.7. The number of carbonyl (C=O) groups excluding carboxylic acids is 1. The van der Waals surface area contributed by atoms with E-state index in [2.05, 4.69) is 95.7 Å². The summed E-state index contributed by atoms with van der Waals surface area (Å²) in [5, 5.41) is 11.7. The summed E-state index contributed by atoms with van der Waals surface area (Å²) >= 11 is 8.79. The number of halogens is 4. The minimum absolute atomic E-state index is 0.186. The second-order valence-corrected chi connectivity index (χ2v) is 8.66. The third kappa shape index (κ3) is 4.23. The Labute approximate surface area is 181 Å². The molecule has 0 aliphatic carbocycles. The maximum Gasteiger partial charge on any atom is 0.335 e. The molecule has 0 radical (unpaired) electrons. The average Bonchev–Trinajstić information content (AvgIpc) is 2.45. The van der Waals surface area contributed by atoms with E-state index >= 15 is 0 Å². The van der Waals surface area contributed by atoms with Crippen molar-refractivity contribution in [2.45, 2.75) is 0 Å². The second kappa shape index (κ2) is 7.92. The van der Waals surface area contributed by atoms with Crippen LogP contribution in [0.3, 0.4) is 0 Å². The minimum Gasteiger partial charge on any atom is -0.478 e. The van der Waals surface area contributed by atoms with Crippen molar-refractivity contribution in [3.63, 3.8) is 0 Å². The summed E-state index contributed by atoms with van der Waals surface area (Å²) in [7, 11) is 0. The third-order valence-electron chi connectivity index (χ3n) is 2.73. The van der Waals surface area contributed by atoms with Crippen LogP contribution in [0.1, 0.15) is 20.7 Å². The molecule has 0 heterocycles. The van der Waals surface area contributed by atoms with Gasteiger partial charge in [-0.2, -0.15) is 0 Å². The highest BCUT2D eigenvalue weighted by molar-refractivity contribution is 14.1. The lowest BCUT2D eigenvalue weighted by atomic mass is 10.2. The Hall–Kier alpha value is 0.300. The molecule has 114 valence electrons. The van der Waals surface area contributed by atoms with E-state index in [-0.39, 0.29) is 11.5 Å². The predicted octanol–water partition coefficient (Wildman–Crippen LogP) is 5.06. The normalized spacial score (nSPS) is 10.4. The monoisotopic (exact) mass is 745 g/mol. The highest BCUT2D eigenvalue weighted by Gasteiger charge is 2.18. The highest BCUT2D eigenvalue weighted by atomic mass is 127. The molecule has 4 nitrogen and oxygen atoms in total. The smallest absolute Gasteiger partial charge is 0.335 e. The Bertz CT molecular complexity index is 760. The number of anilines is 1. The summed E-state index contributed by atoms with van der Waals surface area (Å²) in [6, 6.07) is 8.06. The van der Waals surface area contributed by atoms with Crippen LogP contribution in [0.5, 0.6) is 0 Å². The predicted molar refractivity (Wildman–Crippen MR) is 119 cm³/mol. The summed E-state index contributed by atoms with van der Waals surface area (Å²) in [5.74, 6) is -1.19. The number of aromatic carboxylic acids is 1. The molecule has 0 atom stereocenters. The van der Waals surface area contributed by atoms with Crippen LogP contribution in [0.15, 0.2) is 30.3 Å². The summed E-state index contributed by atoms with van der Waals surface area (Å²) in [4.78, 5) is 23.3. The van der Waals surface area contributed by atoms with Crippen LogP contribution in [-0.4, -0.2) is 17.0 Å². The Morgan fingerprint density at radius 1 is 0.909 bits per heavy atom. The van der Waals surface area contributed by atoms with Gasteiger partial charge in [0, 0.05) is 20.0 Å². The molecule has 2 N–H and O–H groups in total. The summed E-state index contributed by atoms with van der Waals surface area (Å²) < 4.78 is 3.94. The third-order valence-corrected chi connectivity index (χ3v) is 8.70. The van der Waals surface area contributed by atoms with Gasteiger partial charge in [-0.05, 0) is 121 Å². The van der Waals surface area contributed by atoms with Gasteiger partial charge in [-0.1, -0.05) is 0 Å². The SMILES string of the molecule is O=C(O)c1ccc(NC(=O)c2c(I)cc(I)c(I)c2I)cc1. The molecule has 2 rings (SSSR count). The number of amides is 1. The van der Waals surface area contributed by atoms with Crippen LogP contribution in [0.25, 0.3) is 0 Å². The van der Waals surface area contributed by atoms with Crippen molar-refractivity contribution in [1.82, 2.24) is 0 Å². The molecule has 2 aromatic rings. The molecule has 0 aromatic heterocycles. The zero-order chi connectivity index (χ0) is 16.4. The molecule has 8 heteroatoms. The number of hydrogen-bond acceptors (Lipinski definition) is 2. The Balaban J connectivity index is 2.30. The molecular formula is C14H7I4NO3. The molecular weight excluding hydrogens is 738 g/mol. The number of hydrogen-bond donors (Lipinski definition) is 2. The van der Waals surface area contributed by atoms with Gasteiger partial charge in [0.05, 0.1) is 11.1 Å². The molecule has 0 saturated heterocycles. The number of carbonyl (C=O) groups is 2. The van der Waals surface area contributed by atoms with E-state index in [1.54, 1.807) is 12.1 Å². The van der Waals surface area contributed by atoms with Gasteiger partial charge in [-0.25, -0.2) is 4.79 Å². The topological polar surface area (TPSA) is 66.4 Å². The van der Waals surface area contributed by atoms with Crippen LogP contribution in [0.2, 0.25) is 0 Å². The molecule has 0 fully saturated rings. The van der Waals surface area contributed by atoms with Crippen molar-refractivity contribution in [2.24, 2.45) is 0 Å². The van der Waals surface area contributed by atoms with E-state index in [4.69, 9.17) is 5.11 Å². The van der Waals surface area contributed by atoms with Crippen LogP contribution in [-0.2, 0) is 0 Å². The number of benzene rings is 2. The van der Waals surface area contributed by atoms with Gasteiger partial charge in [0.2, 0.25) is 0 Å². The number of carboxylic acids is 1. The van der Waals surface area contributed by atoms with E-state index in [9.17, 15) is 9.59 Å². The molecule has 22 heavy (non-hydrogen) atoms. The second-order valence-electron chi connectivity index (χ2n) is 4.18. The van der Waals surface area contributed by atoms with Crippen molar-refractivity contribution in [2.75, 3.05) is 5.32 Å². The first-order chi connectivity index (χ1) is 10.3. The van der Waals surface area contributed by atoms with Gasteiger partial charge in [-0.15, -0.1) is 0 Å². The lowest BCUT2D eigenvalue weighted by Gasteiger charge is -2.11. The lowest BCUT2D eigenvalue weighted by molar-refractivity contribution is 0.0696. The Kier molecular flexibility index (Phi) is 6.71. The molecule has 2 aromatic carbocycles. The first-order valence-corrected chi connectivity index (χ1v) is 10.1. The number of rotatable bonds is 3. The molecule has 0 aliphatic rings. The molecule has 0 saturated carbocycles. The average molecular weight is 745 g/mol. The Morgan fingerprint density at radius 2 is 1.50 bits per heavy atom. The van der Waals surface area contributed by atoms with E-state index in [1.807, 2.05) is 6.07 Å². The number of nitrogens with one attached hydrogen (secondary N) is 1. The van der Waals surface area contributed by atoms with Gasteiger partial charge in [-0.3, -0.25) is 4.79 Å². The van der Waals surface area contributed by atoms with Crippen molar-refractivity contribution in [3.8, 4) is 0 Å². The van der Waals surface area contributed by atoms with Gasteiger partial charge in [0.25, 0.3) is 5.91 Å². The van der Waals surface area contributed by atoms with Crippen LogP contribution in [0.4, 0.5) is 5.69 Å². The molecule has 0 spiro atoms. The van der Waals surface area contributed by atoms with Crippen molar-refractivity contribution in [3.05, 3.63) is 55.7 Å².